The lowest BCUT2D eigenvalue weighted by atomic mass is 10.1. The topological polar surface area (TPSA) is 82.8 Å². The van der Waals surface area contributed by atoms with Gasteiger partial charge >= 0.3 is 12.3 Å². The molecule has 0 amide bonds. The van der Waals surface area contributed by atoms with Crippen LogP contribution >= 0.6 is 11.6 Å². The predicted molar refractivity (Wildman–Crippen MR) is 122 cm³/mol. The summed E-state index contributed by atoms with van der Waals surface area (Å²) in [7, 11) is 1.34. The Kier molecular flexibility index (Phi) is 8.29. The first-order valence-electron chi connectivity index (χ1n) is 10.6. The van der Waals surface area contributed by atoms with Crippen molar-refractivity contribution in [3.05, 3.63) is 70.5 Å². The molecule has 0 bridgehead atoms. The zero-order valence-corrected chi connectivity index (χ0v) is 19.9. The van der Waals surface area contributed by atoms with E-state index in [-0.39, 0.29) is 29.8 Å². The highest BCUT2D eigenvalue weighted by molar-refractivity contribution is 6.30. The monoisotopic (exact) mass is 512 g/mol. The second kappa shape index (κ2) is 11.0. The van der Waals surface area contributed by atoms with Gasteiger partial charge in [-0.15, -0.1) is 13.2 Å². The number of aliphatic carboxylic acids is 1. The van der Waals surface area contributed by atoms with Gasteiger partial charge in [0.25, 0.3) is 0 Å². The highest BCUT2D eigenvalue weighted by Crippen LogP contribution is 2.31. The summed E-state index contributed by atoms with van der Waals surface area (Å²) in [5.74, 6) is -0.834. The number of carboxylic acid groups (broad SMARTS) is 1. The Morgan fingerprint density at radius 2 is 1.69 bits per heavy atom. The molecule has 0 radical (unpaired) electrons. The zero-order valence-electron chi connectivity index (χ0n) is 19.2. The van der Waals surface area contributed by atoms with Crippen molar-refractivity contribution in [3.8, 4) is 17.2 Å². The molecule has 7 nitrogen and oxygen atoms in total. The average Bonchev–Trinajstić information content (AvgIpc) is 3.12. The maximum atomic E-state index is 12.4. The number of nitrogens with zero attached hydrogens (tertiary/aromatic N) is 2. The second-order valence-corrected chi connectivity index (χ2v) is 8.32. The SMILES string of the molecule is CO[C@@H](Cc1ccc(OCc2c(C(C)C)nn(-c3ccc(OC(F)(F)F)cc3)c2Cl)cc1)C(=O)O. The van der Waals surface area contributed by atoms with Gasteiger partial charge in [-0.2, -0.15) is 5.10 Å². The molecule has 0 spiro atoms. The maximum Gasteiger partial charge on any atom is 0.573 e. The van der Waals surface area contributed by atoms with Crippen molar-refractivity contribution >= 4 is 17.6 Å². The van der Waals surface area contributed by atoms with E-state index >= 15 is 0 Å². The molecule has 2 aromatic carbocycles. The van der Waals surface area contributed by atoms with E-state index in [1.165, 1.54) is 36.1 Å². The third-order valence-electron chi connectivity index (χ3n) is 5.10. The Balaban J connectivity index is 1.76. The zero-order chi connectivity index (χ0) is 25.8. The van der Waals surface area contributed by atoms with Gasteiger partial charge in [-0.25, -0.2) is 9.48 Å². The van der Waals surface area contributed by atoms with Gasteiger partial charge in [0.1, 0.15) is 23.3 Å². The number of rotatable bonds is 10. The molecule has 1 atom stereocenters. The van der Waals surface area contributed by atoms with Gasteiger partial charge in [0.2, 0.25) is 0 Å². The third-order valence-corrected chi connectivity index (χ3v) is 5.49. The third kappa shape index (κ3) is 6.89. The lowest BCUT2D eigenvalue weighted by Gasteiger charge is -2.12. The Bertz CT molecular complexity index is 1150. The summed E-state index contributed by atoms with van der Waals surface area (Å²) in [6, 6.07) is 12.2. The van der Waals surface area contributed by atoms with Crippen LogP contribution in [0.25, 0.3) is 5.69 Å². The molecule has 0 fully saturated rings. The molecular weight excluding hydrogens is 489 g/mol. The summed E-state index contributed by atoms with van der Waals surface area (Å²) in [5.41, 5.74) is 2.57. The summed E-state index contributed by atoms with van der Waals surface area (Å²) in [4.78, 5) is 11.1. The smallest absolute Gasteiger partial charge is 0.489 e. The van der Waals surface area contributed by atoms with Crippen LogP contribution in [0.4, 0.5) is 13.2 Å². The predicted octanol–water partition coefficient (Wildman–Crippen LogP) is 5.77. The van der Waals surface area contributed by atoms with E-state index in [1.54, 1.807) is 24.3 Å². The number of hydrogen-bond donors (Lipinski definition) is 1. The molecule has 0 saturated carbocycles. The fourth-order valence-corrected chi connectivity index (χ4v) is 3.65. The number of benzene rings is 2. The van der Waals surface area contributed by atoms with Gasteiger partial charge in [0.05, 0.1) is 16.9 Å². The average molecular weight is 513 g/mol. The quantitative estimate of drug-likeness (QED) is 0.371. The van der Waals surface area contributed by atoms with Gasteiger partial charge in [0.15, 0.2) is 6.10 Å². The Morgan fingerprint density at radius 1 is 1.09 bits per heavy atom. The molecule has 0 saturated heterocycles. The minimum atomic E-state index is -4.78. The van der Waals surface area contributed by atoms with Crippen LogP contribution in [0.1, 0.15) is 36.6 Å². The summed E-state index contributed by atoms with van der Waals surface area (Å²) in [6.45, 7) is 3.99. The minimum Gasteiger partial charge on any atom is -0.489 e. The first-order chi connectivity index (χ1) is 16.5. The van der Waals surface area contributed by atoms with Crippen molar-refractivity contribution in [2.45, 2.75) is 45.3 Å². The normalized spacial score (nSPS) is 12.6. The van der Waals surface area contributed by atoms with Crippen molar-refractivity contribution < 1.29 is 37.3 Å². The molecule has 0 aliphatic carbocycles. The van der Waals surface area contributed by atoms with E-state index in [9.17, 15) is 18.0 Å². The number of alkyl halides is 3. The Morgan fingerprint density at radius 3 is 2.20 bits per heavy atom. The highest BCUT2D eigenvalue weighted by Gasteiger charge is 2.31. The molecule has 1 N–H and O–H groups in total. The standard InChI is InChI=1S/C24H24ClF3N2O5/c1-14(2)21-19(13-34-17-8-4-15(5-9-17)12-20(33-3)23(31)32)22(25)30(29-21)16-6-10-18(11-7-16)35-24(26,27)28/h4-11,14,20H,12-13H2,1-3H3,(H,31,32)/t20-/m0/s1. The van der Waals surface area contributed by atoms with Crippen LogP contribution in [0.5, 0.6) is 11.5 Å². The number of ether oxygens (including phenoxy) is 3. The molecule has 11 heteroatoms. The number of carboxylic acids is 1. The van der Waals surface area contributed by atoms with Crippen LogP contribution < -0.4 is 9.47 Å². The number of carbonyl (C=O) groups is 1. The summed E-state index contributed by atoms with van der Waals surface area (Å²) in [5, 5.41) is 13.9. The van der Waals surface area contributed by atoms with E-state index in [0.29, 0.717) is 22.7 Å². The van der Waals surface area contributed by atoms with Gasteiger partial charge in [-0.1, -0.05) is 37.6 Å². The lowest BCUT2D eigenvalue weighted by molar-refractivity contribution is -0.274. The van der Waals surface area contributed by atoms with Gasteiger partial charge in [0, 0.05) is 13.5 Å². The van der Waals surface area contributed by atoms with Gasteiger partial charge in [-0.3, -0.25) is 0 Å². The van der Waals surface area contributed by atoms with E-state index < -0.39 is 18.4 Å². The molecule has 3 aromatic rings. The van der Waals surface area contributed by atoms with E-state index in [2.05, 4.69) is 9.84 Å². The van der Waals surface area contributed by atoms with E-state index in [4.69, 9.17) is 26.2 Å². The van der Waals surface area contributed by atoms with Crippen molar-refractivity contribution in [2.24, 2.45) is 0 Å². The van der Waals surface area contributed by atoms with E-state index in [1.807, 2.05) is 13.8 Å². The van der Waals surface area contributed by atoms with Crippen LogP contribution in [-0.2, 0) is 22.6 Å². The molecule has 1 aromatic heterocycles. The fraction of sp³-hybridized carbons (Fsp3) is 0.333. The molecule has 188 valence electrons. The van der Waals surface area contributed by atoms with Gasteiger partial charge in [-0.05, 0) is 47.9 Å². The second-order valence-electron chi connectivity index (χ2n) is 7.96. The van der Waals surface area contributed by atoms with Gasteiger partial charge < -0.3 is 19.3 Å². The van der Waals surface area contributed by atoms with Crippen molar-refractivity contribution in [3.63, 3.8) is 0 Å². The first-order valence-corrected chi connectivity index (χ1v) is 11.0. The summed E-state index contributed by atoms with van der Waals surface area (Å²) in [6.07, 6.45) is -5.50. The van der Waals surface area contributed by atoms with Crippen LogP contribution in [-0.4, -0.2) is 40.4 Å². The highest BCUT2D eigenvalue weighted by atomic mass is 35.5. The van der Waals surface area contributed by atoms with Crippen molar-refractivity contribution in [1.29, 1.82) is 0 Å². The van der Waals surface area contributed by atoms with E-state index in [0.717, 1.165) is 5.56 Å². The van der Waals surface area contributed by atoms with Crippen molar-refractivity contribution in [1.82, 2.24) is 9.78 Å². The Labute approximate surface area is 205 Å². The largest absolute Gasteiger partial charge is 0.573 e. The van der Waals surface area contributed by atoms with Crippen LogP contribution in [0.15, 0.2) is 48.5 Å². The van der Waals surface area contributed by atoms with Crippen molar-refractivity contribution in [2.75, 3.05) is 7.11 Å². The number of hydrogen-bond acceptors (Lipinski definition) is 5. The Hall–Kier alpha value is -3.24. The molecule has 35 heavy (non-hydrogen) atoms. The molecule has 0 aliphatic heterocycles. The molecule has 0 unspecified atom stereocenters. The van der Waals surface area contributed by atoms with Crippen LogP contribution in [0, 0.1) is 0 Å². The summed E-state index contributed by atoms with van der Waals surface area (Å²) < 4.78 is 53.5. The lowest BCUT2D eigenvalue weighted by Crippen LogP contribution is -2.24. The summed E-state index contributed by atoms with van der Waals surface area (Å²) >= 11 is 6.59. The fourth-order valence-electron chi connectivity index (χ4n) is 3.37. The number of aromatic nitrogens is 2. The number of halogens is 4. The molecule has 1 heterocycles. The number of methoxy groups -OCH3 is 1. The minimum absolute atomic E-state index is 0.00422. The first kappa shape index (κ1) is 26.4. The maximum absolute atomic E-state index is 12.4. The molecule has 0 aliphatic rings. The van der Waals surface area contributed by atoms with Crippen LogP contribution in [0.3, 0.4) is 0 Å². The van der Waals surface area contributed by atoms with Crippen LogP contribution in [0.2, 0.25) is 5.15 Å². The molecular formula is C24H24ClF3N2O5. The molecule has 3 rings (SSSR count).